The number of likely N-dealkylation sites (tertiary alicyclic amines) is 2. The van der Waals surface area contributed by atoms with Crippen molar-refractivity contribution in [2.45, 2.75) is 45.6 Å². The van der Waals surface area contributed by atoms with Crippen LogP contribution in [0.1, 0.15) is 60.5 Å². The molecule has 32 heavy (non-hydrogen) atoms. The normalized spacial score (nSPS) is 18.1. The highest BCUT2D eigenvalue weighted by atomic mass is 16.5. The first-order chi connectivity index (χ1) is 15.6. The zero-order chi connectivity index (χ0) is 22.5. The van der Waals surface area contributed by atoms with Gasteiger partial charge in [-0.3, -0.25) is 9.59 Å². The summed E-state index contributed by atoms with van der Waals surface area (Å²) in [6.45, 7) is 6.49. The molecule has 2 saturated heterocycles. The van der Waals surface area contributed by atoms with Crippen molar-refractivity contribution in [3.8, 4) is 11.5 Å². The van der Waals surface area contributed by atoms with E-state index in [9.17, 15) is 9.59 Å². The van der Waals surface area contributed by atoms with Crippen LogP contribution in [0.4, 0.5) is 0 Å². The second-order valence-electron chi connectivity index (χ2n) is 8.17. The summed E-state index contributed by atoms with van der Waals surface area (Å²) in [4.78, 5) is 38.4. The fourth-order valence-electron chi connectivity index (χ4n) is 4.33. The maximum atomic E-state index is 12.9. The Morgan fingerprint density at radius 3 is 2.56 bits per heavy atom. The molecule has 1 atom stereocenters. The number of carbonyl (C=O) groups excluding carboxylic acids is 2. The predicted octanol–water partition coefficient (Wildman–Crippen LogP) is 3.16. The van der Waals surface area contributed by atoms with Gasteiger partial charge in [-0.05, 0) is 51.7 Å². The Hall–Kier alpha value is -3.16. The van der Waals surface area contributed by atoms with Crippen LogP contribution in [0.2, 0.25) is 0 Å². The molecule has 0 saturated carbocycles. The molecule has 170 valence electrons. The molecule has 0 aliphatic carbocycles. The quantitative estimate of drug-likeness (QED) is 0.660. The highest BCUT2D eigenvalue weighted by Crippen LogP contribution is 2.30. The van der Waals surface area contributed by atoms with Crippen LogP contribution in [-0.2, 0) is 4.79 Å². The van der Waals surface area contributed by atoms with E-state index in [4.69, 9.17) is 9.47 Å². The standard InChI is InChI=1S/C24H30N4O4/c1-3-31-18-8-6-9-19(14-18)32-16-22(29)28-13-7-10-21(28)23-25-15-20(17(2)26-23)24(30)27-11-4-5-12-27/h6,8-9,14-15,21H,3-5,7,10-13,16H2,1-2H3/t21-/m0/s1. The van der Waals surface area contributed by atoms with E-state index in [1.807, 2.05) is 30.9 Å². The molecule has 2 aromatic rings. The van der Waals surface area contributed by atoms with E-state index in [-0.39, 0.29) is 24.5 Å². The Labute approximate surface area is 188 Å². The van der Waals surface area contributed by atoms with E-state index in [1.54, 1.807) is 23.2 Å². The topological polar surface area (TPSA) is 84.9 Å². The van der Waals surface area contributed by atoms with Crippen molar-refractivity contribution in [1.82, 2.24) is 19.8 Å². The molecule has 0 N–H and O–H groups in total. The minimum atomic E-state index is -0.199. The second-order valence-corrected chi connectivity index (χ2v) is 8.17. The first kappa shape index (κ1) is 22.0. The van der Waals surface area contributed by atoms with E-state index in [0.717, 1.165) is 38.8 Å². The van der Waals surface area contributed by atoms with E-state index in [0.29, 0.717) is 41.7 Å². The second kappa shape index (κ2) is 9.97. The number of amides is 2. The van der Waals surface area contributed by atoms with E-state index in [2.05, 4.69) is 9.97 Å². The molecule has 8 nitrogen and oxygen atoms in total. The van der Waals surface area contributed by atoms with Gasteiger partial charge in [-0.15, -0.1) is 0 Å². The maximum Gasteiger partial charge on any atom is 0.261 e. The third-order valence-corrected chi connectivity index (χ3v) is 5.97. The highest BCUT2D eigenvalue weighted by Gasteiger charge is 2.33. The van der Waals surface area contributed by atoms with Crippen molar-refractivity contribution in [3.05, 3.63) is 47.5 Å². The summed E-state index contributed by atoms with van der Waals surface area (Å²) in [7, 11) is 0. The van der Waals surface area contributed by atoms with Crippen molar-refractivity contribution < 1.29 is 19.1 Å². The Kier molecular flexibility index (Phi) is 6.87. The van der Waals surface area contributed by atoms with Gasteiger partial charge in [-0.25, -0.2) is 9.97 Å². The minimum Gasteiger partial charge on any atom is -0.494 e. The molecule has 1 aromatic heterocycles. The lowest BCUT2D eigenvalue weighted by molar-refractivity contribution is -0.134. The van der Waals surface area contributed by atoms with Crippen molar-refractivity contribution in [3.63, 3.8) is 0 Å². The number of ether oxygens (including phenoxy) is 2. The van der Waals surface area contributed by atoms with Gasteiger partial charge in [-0.2, -0.15) is 0 Å². The SMILES string of the molecule is CCOc1cccc(OCC(=O)N2CCC[C@H]2c2ncc(C(=O)N3CCCC3)c(C)n2)c1. The van der Waals surface area contributed by atoms with Crippen molar-refractivity contribution in [1.29, 1.82) is 0 Å². The lowest BCUT2D eigenvalue weighted by Crippen LogP contribution is -2.35. The van der Waals surface area contributed by atoms with Crippen LogP contribution in [0.25, 0.3) is 0 Å². The summed E-state index contributed by atoms with van der Waals surface area (Å²) in [6.07, 6.45) is 5.38. The molecule has 4 rings (SSSR count). The van der Waals surface area contributed by atoms with Crippen LogP contribution in [0.3, 0.4) is 0 Å². The van der Waals surface area contributed by atoms with E-state index < -0.39 is 0 Å². The lowest BCUT2D eigenvalue weighted by Gasteiger charge is -2.24. The van der Waals surface area contributed by atoms with Crippen LogP contribution in [0.5, 0.6) is 11.5 Å². The molecule has 0 unspecified atom stereocenters. The summed E-state index contributed by atoms with van der Waals surface area (Å²) in [5.41, 5.74) is 1.21. The number of aromatic nitrogens is 2. The van der Waals surface area contributed by atoms with Crippen molar-refractivity contribution in [2.24, 2.45) is 0 Å². The third kappa shape index (κ3) is 4.84. The first-order valence-electron chi connectivity index (χ1n) is 11.3. The molecule has 2 aliphatic heterocycles. The molecule has 2 amide bonds. The van der Waals surface area contributed by atoms with Crippen LogP contribution in [-0.4, -0.2) is 64.4 Å². The van der Waals surface area contributed by atoms with Crippen LogP contribution < -0.4 is 9.47 Å². The summed E-state index contributed by atoms with van der Waals surface area (Å²) in [6, 6.07) is 7.08. The van der Waals surface area contributed by atoms with Gasteiger partial charge in [0.05, 0.1) is 23.9 Å². The molecule has 2 fully saturated rings. The molecule has 8 heteroatoms. The summed E-state index contributed by atoms with van der Waals surface area (Å²) in [5, 5.41) is 0. The van der Waals surface area contributed by atoms with Gasteiger partial charge in [-0.1, -0.05) is 6.07 Å². The summed E-state index contributed by atoms with van der Waals surface area (Å²) >= 11 is 0. The van der Waals surface area contributed by atoms with E-state index in [1.165, 1.54) is 0 Å². The van der Waals surface area contributed by atoms with Gasteiger partial charge in [0, 0.05) is 31.9 Å². The fraction of sp³-hybridized carbons (Fsp3) is 0.500. The molecule has 3 heterocycles. The van der Waals surface area contributed by atoms with E-state index >= 15 is 0 Å². The number of nitrogens with zero attached hydrogens (tertiary/aromatic N) is 4. The smallest absolute Gasteiger partial charge is 0.261 e. The average Bonchev–Trinajstić information content (AvgIpc) is 3.50. The number of hydrogen-bond donors (Lipinski definition) is 0. The molecule has 0 radical (unpaired) electrons. The van der Waals surface area contributed by atoms with Gasteiger partial charge in [0.2, 0.25) is 0 Å². The van der Waals surface area contributed by atoms with Crippen LogP contribution >= 0.6 is 0 Å². The van der Waals surface area contributed by atoms with Crippen molar-refractivity contribution in [2.75, 3.05) is 32.8 Å². The van der Waals surface area contributed by atoms with Crippen LogP contribution in [0.15, 0.2) is 30.5 Å². The summed E-state index contributed by atoms with van der Waals surface area (Å²) in [5.74, 6) is 1.78. The highest BCUT2D eigenvalue weighted by molar-refractivity contribution is 5.95. The predicted molar refractivity (Wildman–Crippen MR) is 119 cm³/mol. The zero-order valence-electron chi connectivity index (χ0n) is 18.7. The Morgan fingerprint density at radius 1 is 1.09 bits per heavy atom. The largest absolute Gasteiger partial charge is 0.494 e. The van der Waals surface area contributed by atoms with Gasteiger partial charge in [0.1, 0.15) is 11.5 Å². The third-order valence-electron chi connectivity index (χ3n) is 5.97. The number of aryl methyl sites for hydroxylation is 1. The molecule has 0 spiro atoms. The van der Waals surface area contributed by atoms with Gasteiger partial charge < -0.3 is 19.3 Å². The monoisotopic (exact) mass is 438 g/mol. The van der Waals surface area contributed by atoms with Crippen molar-refractivity contribution >= 4 is 11.8 Å². The molecular formula is C24H30N4O4. The van der Waals surface area contributed by atoms with Gasteiger partial charge in [0.25, 0.3) is 11.8 Å². The fourth-order valence-corrected chi connectivity index (χ4v) is 4.33. The van der Waals surface area contributed by atoms with Crippen LogP contribution in [0, 0.1) is 6.92 Å². The van der Waals surface area contributed by atoms with Gasteiger partial charge >= 0.3 is 0 Å². The molecule has 1 aromatic carbocycles. The molecular weight excluding hydrogens is 408 g/mol. The number of rotatable bonds is 7. The average molecular weight is 439 g/mol. The number of benzene rings is 1. The zero-order valence-corrected chi connectivity index (χ0v) is 18.7. The summed E-state index contributed by atoms with van der Waals surface area (Å²) < 4.78 is 11.2. The number of carbonyl (C=O) groups is 2. The Balaban J connectivity index is 1.41. The Morgan fingerprint density at radius 2 is 1.84 bits per heavy atom. The molecule has 2 aliphatic rings. The Bertz CT molecular complexity index is 974. The van der Waals surface area contributed by atoms with Gasteiger partial charge in [0.15, 0.2) is 12.4 Å². The lowest BCUT2D eigenvalue weighted by atomic mass is 10.1. The molecule has 0 bridgehead atoms. The minimum absolute atomic E-state index is 0.00594. The maximum absolute atomic E-state index is 12.9. The number of hydrogen-bond acceptors (Lipinski definition) is 6. The first-order valence-corrected chi connectivity index (χ1v) is 11.3.